The van der Waals surface area contributed by atoms with Gasteiger partial charge in [-0.25, -0.2) is 9.78 Å². The van der Waals surface area contributed by atoms with Crippen LogP contribution in [-0.2, 0) is 0 Å². The van der Waals surface area contributed by atoms with Crippen LogP contribution >= 0.6 is 11.3 Å². The highest BCUT2D eigenvalue weighted by Gasteiger charge is 2.11. The first-order valence-corrected chi connectivity index (χ1v) is 6.83. The minimum Gasteiger partial charge on any atom is -0.477 e. The summed E-state index contributed by atoms with van der Waals surface area (Å²) >= 11 is 1.49. The molecular weight excluding hydrogens is 274 g/mol. The average molecular weight is 285 g/mol. The lowest BCUT2D eigenvalue weighted by molar-refractivity contribution is 0.0691. The van der Waals surface area contributed by atoms with E-state index in [9.17, 15) is 4.79 Å². The molecule has 0 aliphatic carbocycles. The van der Waals surface area contributed by atoms with Gasteiger partial charge in [0, 0.05) is 22.8 Å². The quantitative estimate of drug-likeness (QED) is 0.774. The normalized spacial score (nSPS) is 10.7. The Morgan fingerprint density at radius 3 is 2.85 bits per heavy atom. The van der Waals surface area contributed by atoms with Crippen molar-refractivity contribution in [2.75, 3.05) is 0 Å². The molecule has 0 saturated heterocycles. The fourth-order valence-corrected chi connectivity index (χ4v) is 2.65. The Kier molecular flexibility index (Phi) is 3.08. The van der Waals surface area contributed by atoms with E-state index in [-0.39, 0.29) is 5.69 Å². The number of thiazole rings is 1. The Morgan fingerprint density at radius 1 is 1.30 bits per heavy atom. The number of hydrogen-bond donors (Lipinski definition) is 2. The van der Waals surface area contributed by atoms with E-state index in [0.29, 0.717) is 0 Å². The molecule has 3 aromatic rings. The van der Waals surface area contributed by atoms with Crippen molar-refractivity contribution in [3.05, 3.63) is 47.2 Å². The first-order chi connectivity index (χ1) is 9.63. The van der Waals surface area contributed by atoms with Gasteiger partial charge in [0.2, 0.25) is 0 Å². The number of carboxylic acids is 1. The van der Waals surface area contributed by atoms with Crippen LogP contribution in [0.2, 0.25) is 0 Å². The Labute approximate surface area is 119 Å². The zero-order valence-corrected chi connectivity index (χ0v) is 11.4. The number of hydrogen-bond acceptors (Lipinski definition) is 4. The van der Waals surface area contributed by atoms with Gasteiger partial charge in [-0.2, -0.15) is 0 Å². The Morgan fingerprint density at radius 2 is 2.15 bits per heavy atom. The lowest BCUT2D eigenvalue weighted by Crippen LogP contribution is -1.94. The van der Waals surface area contributed by atoms with Crippen LogP contribution in [0.5, 0.6) is 0 Å². The summed E-state index contributed by atoms with van der Waals surface area (Å²) in [6.07, 6.45) is 1.64. The molecule has 3 heterocycles. The number of aromatic nitrogens is 3. The van der Waals surface area contributed by atoms with Gasteiger partial charge in [-0.05, 0) is 25.1 Å². The van der Waals surface area contributed by atoms with Gasteiger partial charge in [0.15, 0.2) is 0 Å². The smallest absolute Gasteiger partial charge is 0.352 e. The molecule has 20 heavy (non-hydrogen) atoms. The number of H-pyrrole nitrogens is 1. The highest BCUT2D eigenvalue weighted by atomic mass is 32.1. The number of rotatable bonds is 3. The van der Waals surface area contributed by atoms with E-state index in [1.54, 1.807) is 12.3 Å². The van der Waals surface area contributed by atoms with Crippen LogP contribution in [0, 0.1) is 6.92 Å². The summed E-state index contributed by atoms with van der Waals surface area (Å²) in [5.74, 6) is -0.980. The summed E-state index contributed by atoms with van der Waals surface area (Å²) < 4.78 is 0. The first-order valence-electron chi connectivity index (χ1n) is 5.95. The predicted molar refractivity (Wildman–Crippen MR) is 76.8 cm³/mol. The van der Waals surface area contributed by atoms with Crippen LogP contribution in [0.4, 0.5) is 0 Å². The van der Waals surface area contributed by atoms with Gasteiger partial charge in [0.1, 0.15) is 10.7 Å². The van der Waals surface area contributed by atoms with E-state index in [2.05, 4.69) is 15.0 Å². The number of aromatic carboxylic acids is 1. The molecule has 5 nitrogen and oxygen atoms in total. The molecule has 0 unspecified atom stereocenters. The number of nitrogens with one attached hydrogen (secondary N) is 1. The van der Waals surface area contributed by atoms with Gasteiger partial charge in [0.25, 0.3) is 0 Å². The van der Waals surface area contributed by atoms with Gasteiger partial charge >= 0.3 is 5.97 Å². The third-order valence-corrected chi connectivity index (χ3v) is 3.69. The van der Waals surface area contributed by atoms with E-state index in [1.807, 2.05) is 30.5 Å². The van der Waals surface area contributed by atoms with Crippen LogP contribution in [0.3, 0.4) is 0 Å². The zero-order valence-electron chi connectivity index (χ0n) is 10.6. The largest absolute Gasteiger partial charge is 0.477 e. The van der Waals surface area contributed by atoms with Crippen molar-refractivity contribution in [2.45, 2.75) is 6.92 Å². The van der Waals surface area contributed by atoms with Crippen molar-refractivity contribution in [1.82, 2.24) is 15.0 Å². The molecule has 0 saturated carbocycles. The third kappa shape index (κ3) is 2.33. The van der Waals surface area contributed by atoms with E-state index in [4.69, 9.17) is 5.11 Å². The minimum atomic E-state index is -0.980. The second-order valence-electron chi connectivity index (χ2n) is 4.31. The topological polar surface area (TPSA) is 78.9 Å². The van der Waals surface area contributed by atoms with Crippen molar-refractivity contribution < 1.29 is 9.90 Å². The highest BCUT2D eigenvalue weighted by molar-refractivity contribution is 7.13. The van der Waals surface area contributed by atoms with Crippen molar-refractivity contribution in [3.63, 3.8) is 0 Å². The monoisotopic (exact) mass is 285 g/mol. The van der Waals surface area contributed by atoms with Crippen LogP contribution in [0.15, 0.2) is 35.8 Å². The van der Waals surface area contributed by atoms with Gasteiger partial charge in [-0.15, -0.1) is 11.3 Å². The van der Waals surface area contributed by atoms with Crippen LogP contribution in [0.25, 0.3) is 22.0 Å². The van der Waals surface area contributed by atoms with E-state index >= 15 is 0 Å². The molecule has 100 valence electrons. The molecule has 0 bridgehead atoms. The molecule has 0 aliphatic heterocycles. The summed E-state index contributed by atoms with van der Waals surface area (Å²) in [6, 6.07) is 7.36. The molecule has 3 rings (SSSR count). The fraction of sp³-hybridized carbons (Fsp3) is 0.0714. The number of carboxylic acid groups (broad SMARTS) is 1. The second kappa shape index (κ2) is 4.90. The van der Waals surface area contributed by atoms with Gasteiger partial charge in [0.05, 0.1) is 11.4 Å². The van der Waals surface area contributed by atoms with E-state index in [1.165, 1.54) is 11.3 Å². The first kappa shape index (κ1) is 12.6. The molecule has 6 heteroatoms. The molecule has 0 radical (unpaired) electrons. The van der Waals surface area contributed by atoms with Crippen LogP contribution < -0.4 is 0 Å². The highest BCUT2D eigenvalue weighted by Crippen LogP contribution is 2.28. The van der Waals surface area contributed by atoms with Crippen molar-refractivity contribution in [1.29, 1.82) is 0 Å². The maximum absolute atomic E-state index is 10.9. The maximum atomic E-state index is 10.9. The summed E-state index contributed by atoms with van der Waals surface area (Å²) in [5, 5.41) is 11.6. The van der Waals surface area contributed by atoms with Crippen LogP contribution in [0.1, 0.15) is 16.2 Å². The molecule has 0 aromatic carbocycles. The van der Waals surface area contributed by atoms with E-state index in [0.717, 1.165) is 27.7 Å². The summed E-state index contributed by atoms with van der Waals surface area (Å²) in [7, 11) is 0. The molecule has 0 amide bonds. The molecule has 0 spiro atoms. The average Bonchev–Trinajstić information content (AvgIpc) is 3.08. The molecule has 3 aromatic heterocycles. The summed E-state index contributed by atoms with van der Waals surface area (Å²) in [4.78, 5) is 22.5. The van der Waals surface area contributed by atoms with Crippen LogP contribution in [-0.4, -0.2) is 26.0 Å². The number of aromatic amines is 1. The van der Waals surface area contributed by atoms with Gasteiger partial charge in [-0.3, -0.25) is 4.98 Å². The minimum absolute atomic E-state index is 0.156. The van der Waals surface area contributed by atoms with Crippen molar-refractivity contribution >= 4 is 17.3 Å². The van der Waals surface area contributed by atoms with Gasteiger partial charge < -0.3 is 10.1 Å². The van der Waals surface area contributed by atoms with Crippen molar-refractivity contribution in [3.8, 4) is 22.0 Å². The lowest BCUT2D eigenvalue weighted by Gasteiger charge is -1.96. The SMILES string of the molecule is Cc1cccc(-c2nc(-c3c[nH]c(C(=O)O)c3)cs2)n1. The number of aryl methyl sites for hydroxylation is 1. The Balaban J connectivity index is 1.95. The maximum Gasteiger partial charge on any atom is 0.352 e. The fourth-order valence-electron chi connectivity index (χ4n) is 1.85. The molecule has 0 atom stereocenters. The molecule has 0 aliphatic rings. The Hall–Kier alpha value is -2.47. The van der Waals surface area contributed by atoms with E-state index < -0.39 is 5.97 Å². The molecule has 0 fully saturated rings. The van der Waals surface area contributed by atoms with Gasteiger partial charge in [-0.1, -0.05) is 6.07 Å². The predicted octanol–water partition coefficient (Wildman–Crippen LogP) is 3.21. The summed E-state index contributed by atoms with van der Waals surface area (Å²) in [5.41, 5.74) is 3.43. The summed E-state index contributed by atoms with van der Waals surface area (Å²) in [6.45, 7) is 1.93. The second-order valence-corrected chi connectivity index (χ2v) is 5.17. The standard InChI is InChI=1S/C14H11N3O2S/c1-8-3-2-4-10(16-8)13-17-12(7-20-13)9-5-11(14(18)19)15-6-9/h2-7,15H,1H3,(H,18,19). The third-order valence-electron chi connectivity index (χ3n) is 2.82. The Bertz CT molecular complexity index is 776. The molecule has 2 N–H and O–H groups in total. The van der Waals surface area contributed by atoms with Crippen molar-refractivity contribution in [2.24, 2.45) is 0 Å². The zero-order chi connectivity index (χ0) is 14.1. The molecular formula is C14H11N3O2S. The number of pyridine rings is 1. The number of nitrogens with zero attached hydrogens (tertiary/aromatic N) is 2. The number of carbonyl (C=O) groups is 1. The lowest BCUT2D eigenvalue weighted by atomic mass is 10.2.